The molecule has 6 nitrogen and oxygen atoms in total. The molecule has 0 saturated carbocycles. The van der Waals surface area contributed by atoms with Crippen molar-refractivity contribution in [1.29, 1.82) is 0 Å². The van der Waals surface area contributed by atoms with E-state index in [2.05, 4.69) is 68.3 Å². The summed E-state index contributed by atoms with van der Waals surface area (Å²) in [5, 5.41) is 3.23. The van der Waals surface area contributed by atoms with Gasteiger partial charge < -0.3 is 5.32 Å². The lowest BCUT2D eigenvalue weighted by Crippen LogP contribution is -2.44. The number of hydrogen-bond donors (Lipinski definition) is 3. The number of anilines is 1. The smallest absolute Gasteiger partial charge is 0.222 e. The van der Waals surface area contributed by atoms with Crippen molar-refractivity contribution >= 4 is 5.95 Å². The first-order chi connectivity index (χ1) is 13.8. The zero-order valence-electron chi connectivity index (χ0n) is 16.8. The molecule has 1 aromatic heterocycles. The molecule has 1 aromatic carbocycles. The molecule has 0 radical (unpaired) electrons. The molecular formula is C22H32N6. The summed E-state index contributed by atoms with van der Waals surface area (Å²) >= 11 is 0. The summed E-state index contributed by atoms with van der Waals surface area (Å²) < 4.78 is 0. The molecule has 2 atom stereocenters. The van der Waals surface area contributed by atoms with Gasteiger partial charge in [0.25, 0.3) is 0 Å². The highest BCUT2D eigenvalue weighted by molar-refractivity contribution is 5.25. The molecule has 2 saturated heterocycles. The number of rotatable bonds is 7. The largest absolute Gasteiger partial charge is 0.354 e. The number of aromatic nitrogens is 2. The van der Waals surface area contributed by atoms with E-state index in [1.54, 1.807) is 0 Å². The SMILES string of the molecule is CCCNc1ncc(CN2CCC(C3NNCC3c3ccccc3)CC2)cn1. The van der Waals surface area contributed by atoms with Crippen molar-refractivity contribution < 1.29 is 0 Å². The van der Waals surface area contributed by atoms with Gasteiger partial charge in [0.2, 0.25) is 5.95 Å². The highest BCUT2D eigenvalue weighted by atomic mass is 15.4. The number of nitrogens with one attached hydrogen (secondary N) is 3. The Labute approximate surface area is 168 Å². The van der Waals surface area contributed by atoms with E-state index in [0.29, 0.717) is 17.9 Å². The van der Waals surface area contributed by atoms with E-state index in [9.17, 15) is 0 Å². The van der Waals surface area contributed by atoms with Crippen LogP contribution in [0.3, 0.4) is 0 Å². The van der Waals surface area contributed by atoms with E-state index in [0.717, 1.165) is 45.1 Å². The number of hydrazine groups is 1. The summed E-state index contributed by atoms with van der Waals surface area (Å²) in [6.45, 7) is 7.30. The number of nitrogens with zero attached hydrogens (tertiary/aromatic N) is 3. The highest BCUT2D eigenvalue weighted by Gasteiger charge is 2.36. The summed E-state index contributed by atoms with van der Waals surface area (Å²) in [6.07, 6.45) is 7.48. The van der Waals surface area contributed by atoms with E-state index >= 15 is 0 Å². The first kappa shape index (κ1) is 19.3. The molecule has 2 fully saturated rings. The third kappa shape index (κ3) is 4.69. The van der Waals surface area contributed by atoms with Gasteiger partial charge in [0.1, 0.15) is 0 Å². The van der Waals surface area contributed by atoms with Crippen LogP contribution < -0.4 is 16.2 Å². The molecule has 0 bridgehead atoms. The minimum atomic E-state index is 0.525. The minimum absolute atomic E-state index is 0.525. The lowest BCUT2D eigenvalue weighted by molar-refractivity contribution is 0.151. The maximum atomic E-state index is 4.44. The lowest BCUT2D eigenvalue weighted by atomic mass is 9.80. The van der Waals surface area contributed by atoms with Crippen molar-refractivity contribution in [3.8, 4) is 0 Å². The highest BCUT2D eigenvalue weighted by Crippen LogP contribution is 2.32. The Morgan fingerprint density at radius 1 is 1.11 bits per heavy atom. The monoisotopic (exact) mass is 380 g/mol. The quantitative estimate of drug-likeness (QED) is 0.686. The number of hydrogen-bond acceptors (Lipinski definition) is 6. The topological polar surface area (TPSA) is 65.1 Å². The first-order valence-corrected chi connectivity index (χ1v) is 10.6. The van der Waals surface area contributed by atoms with Crippen LogP contribution in [0.15, 0.2) is 42.7 Å². The Morgan fingerprint density at radius 3 is 2.57 bits per heavy atom. The molecule has 28 heavy (non-hydrogen) atoms. The molecular weight excluding hydrogens is 348 g/mol. The van der Waals surface area contributed by atoms with Crippen LogP contribution in [-0.2, 0) is 6.54 Å². The predicted molar refractivity (Wildman–Crippen MR) is 113 cm³/mol. The van der Waals surface area contributed by atoms with Crippen molar-refractivity contribution in [3.05, 3.63) is 53.9 Å². The second-order valence-electron chi connectivity index (χ2n) is 8.02. The van der Waals surface area contributed by atoms with E-state index in [1.807, 2.05) is 12.4 Å². The van der Waals surface area contributed by atoms with Gasteiger partial charge in [-0.1, -0.05) is 37.3 Å². The van der Waals surface area contributed by atoms with Crippen molar-refractivity contribution in [3.63, 3.8) is 0 Å². The van der Waals surface area contributed by atoms with E-state index in [-0.39, 0.29) is 0 Å². The Bertz CT molecular complexity index is 712. The van der Waals surface area contributed by atoms with Crippen molar-refractivity contribution in [2.45, 2.75) is 44.7 Å². The number of piperidine rings is 1. The van der Waals surface area contributed by atoms with Gasteiger partial charge in [-0.3, -0.25) is 15.8 Å². The third-order valence-corrected chi connectivity index (χ3v) is 6.04. The van der Waals surface area contributed by atoms with Crippen LogP contribution in [0.2, 0.25) is 0 Å². The Hall–Kier alpha value is -2.02. The zero-order chi connectivity index (χ0) is 19.2. The van der Waals surface area contributed by atoms with E-state index < -0.39 is 0 Å². The van der Waals surface area contributed by atoms with Crippen LogP contribution in [0.25, 0.3) is 0 Å². The number of benzene rings is 1. The van der Waals surface area contributed by atoms with Crippen LogP contribution in [0, 0.1) is 5.92 Å². The predicted octanol–water partition coefficient (Wildman–Crippen LogP) is 2.77. The minimum Gasteiger partial charge on any atom is -0.354 e. The molecule has 3 N–H and O–H groups in total. The first-order valence-electron chi connectivity index (χ1n) is 10.6. The van der Waals surface area contributed by atoms with Gasteiger partial charge in [-0.05, 0) is 43.8 Å². The molecule has 4 rings (SSSR count). The molecule has 0 spiro atoms. The fraction of sp³-hybridized carbons (Fsp3) is 0.545. The Kier molecular flexibility index (Phi) is 6.52. The third-order valence-electron chi connectivity index (χ3n) is 6.04. The zero-order valence-corrected chi connectivity index (χ0v) is 16.8. The summed E-state index contributed by atoms with van der Waals surface area (Å²) in [5.74, 6) is 2.01. The fourth-order valence-corrected chi connectivity index (χ4v) is 4.48. The van der Waals surface area contributed by atoms with Crippen LogP contribution >= 0.6 is 0 Å². The summed E-state index contributed by atoms with van der Waals surface area (Å²) in [4.78, 5) is 11.4. The van der Waals surface area contributed by atoms with Crippen LogP contribution in [0.5, 0.6) is 0 Å². The van der Waals surface area contributed by atoms with Crippen LogP contribution in [0.1, 0.15) is 43.2 Å². The molecule has 3 heterocycles. The summed E-state index contributed by atoms with van der Waals surface area (Å²) in [7, 11) is 0. The molecule has 2 aliphatic rings. The second-order valence-corrected chi connectivity index (χ2v) is 8.02. The Balaban J connectivity index is 1.28. The van der Waals surface area contributed by atoms with Crippen molar-refractivity contribution in [2.75, 3.05) is 31.5 Å². The average molecular weight is 381 g/mol. The standard InChI is InChI=1S/C22H32N6/c1-2-10-23-22-24-13-17(14-25-22)16-28-11-8-19(9-12-28)21-20(15-26-27-21)18-6-4-3-5-7-18/h3-7,13-14,19-21,26-27H,2,8-12,15-16H2,1H3,(H,23,24,25). The van der Waals surface area contributed by atoms with Gasteiger partial charge in [0.15, 0.2) is 0 Å². The molecule has 6 heteroatoms. The second kappa shape index (κ2) is 9.45. The molecule has 2 aromatic rings. The summed E-state index contributed by atoms with van der Waals surface area (Å²) in [5.41, 5.74) is 9.61. The van der Waals surface area contributed by atoms with Gasteiger partial charge in [-0.25, -0.2) is 9.97 Å². The summed E-state index contributed by atoms with van der Waals surface area (Å²) in [6, 6.07) is 11.5. The normalized spacial score (nSPS) is 23.8. The fourth-order valence-electron chi connectivity index (χ4n) is 4.48. The molecule has 2 unspecified atom stereocenters. The molecule has 0 amide bonds. The Morgan fingerprint density at radius 2 is 1.86 bits per heavy atom. The molecule has 2 aliphatic heterocycles. The maximum Gasteiger partial charge on any atom is 0.222 e. The lowest BCUT2D eigenvalue weighted by Gasteiger charge is -2.36. The van der Waals surface area contributed by atoms with Gasteiger partial charge in [-0.15, -0.1) is 0 Å². The number of likely N-dealkylation sites (tertiary alicyclic amines) is 1. The average Bonchev–Trinajstić information content (AvgIpc) is 3.24. The van der Waals surface area contributed by atoms with E-state index in [4.69, 9.17) is 0 Å². The van der Waals surface area contributed by atoms with Gasteiger partial charge in [0, 0.05) is 49.6 Å². The molecule has 150 valence electrons. The van der Waals surface area contributed by atoms with Crippen LogP contribution in [0.4, 0.5) is 5.95 Å². The van der Waals surface area contributed by atoms with Crippen LogP contribution in [-0.4, -0.2) is 47.1 Å². The maximum absolute atomic E-state index is 4.44. The van der Waals surface area contributed by atoms with Crippen molar-refractivity contribution in [2.24, 2.45) is 5.92 Å². The van der Waals surface area contributed by atoms with Gasteiger partial charge in [-0.2, -0.15) is 0 Å². The van der Waals surface area contributed by atoms with Gasteiger partial charge >= 0.3 is 0 Å². The van der Waals surface area contributed by atoms with Gasteiger partial charge in [0.05, 0.1) is 0 Å². The van der Waals surface area contributed by atoms with E-state index in [1.165, 1.54) is 24.0 Å². The molecule has 0 aliphatic carbocycles. The van der Waals surface area contributed by atoms with Crippen molar-refractivity contribution in [1.82, 2.24) is 25.7 Å².